The van der Waals surface area contributed by atoms with Crippen LogP contribution in [0.3, 0.4) is 0 Å². The molecule has 1 N–H and O–H groups in total. The van der Waals surface area contributed by atoms with Gasteiger partial charge in [0.05, 0.1) is 0 Å². The molecule has 0 aromatic heterocycles. The van der Waals surface area contributed by atoms with Crippen LogP contribution in [0.2, 0.25) is 0 Å². The smallest absolute Gasteiger partial charge is 0.226 e. The van der Waals surface area contributed by atoms with Crippen LogP contribution < -0.4 is 10.4 Å². The molecule has 0 heterocycles. The summed E-state index contributed by atoms with van der Waals surface area (Å²) in [6, 6.07) is 5.66. The molecule has 0 saturated carbocycles. The zero-order valence-corrected chi connectivity index (χ0v) is 12.3. The van der Waals surface area contributed by atoms with Crippen LogP contribution in [0.5, 0.6) is 5.75 Å². The van der Waals surface area contributed by atoms with Gasteiger partial charge in [-0.3, -0.25) is 9.59 Å². The molecular formula is C19H16O3. The molecular weight excluding hydrogens is 276 g/mol. The normalized spacial score (nSPS) is 20.1. The first-order valence-electron chi connectivity index (χ1n) is 7.62. The Morgan fingerprint density at radius 2 is 1.68 bits per heavy atom. The minimum absolute atomic E-state index is 0.344. The Morgan fingerprint density at radius 1 is 1.00 bits per heavy atom. The fourth-order valence-corrected chi connectivity index (χ4v) is 3.61. The highest BCUT2D eigenvalue weighted by atomic mass is 16.3. The Hall–Kier alpha value is -2.42. The summed E-state index contributed by atoms with van der Waals surface area (Å²) < 4.78 is 0. The largest absolute Gasteiger partial charge is 0.508 e. The number of aromatic hydroxyl groups is 1. The summed E-state index contributed by atoms with van der Waals surface area (Å²) >= 11 is 0. The number of benzene rings is 2. The molecule has 22 heavy (non-hydrogen) atoms. The summed E-state index contributed by atoms with van der Waals surface area (Å²) in [5.74, 6) is -0.0145. The van der Waals surface area contributed by atoms with Crippen LogP contribution in [0.25, 0.3) is 22.9 Å². The summed E-state index contributed by atoms with van der Waals surface area (Å²) in [4.78, 5) is 23.2. The number of ketones is 2. The third-order valence-electron chi connectivity index (χ3n) is 4.80. The van der Waals surface area contributed by atoms with Crippen molar-refractivity contribution >= 4 is 34.5 Å². The first-order valence-corrected chi connectivity index (χ1v) is 7.62. The van der Waals surface area contributed by atoms with Crippen molar-refractivity contribution in [3.05, 3.63) is 39.8 Å². The lowest BCUT2D eigenvalue weighted by Crippen LogP contribution is -2.33. The monoisotopic (exact) mass is 292 g/mol. The van der Waals surface area contributed by atoms with Crippen LogP contribution in [0, 0.1) is 5.92 Å². The van der Waals surface area contributed by atoms with E-state index in [0.29, 0.717) is 11.7 Å². The molecule has 1 atom stereocenters. The van der Waals surface area contributed by atoms with E-state index in [1.54, 1.807) is 6.07 Å². The standard InChI is InChI=1S/C19H16O3/c1-10-2-3-14-16(4-10)15-6-12-8-19(22)18(21)7-11(12)5-13(15)9-17(14)20/h5-10,20H,2-4H2,1H3/t10-/m0/s1. The Labute approximate surface area is 127 Å². The van der Waals surface area contributed by atoms with Crippen molar-refractivity contribution in [2.24, 2.45) is 5.92 Å². The third kappa shape index (κ3) is 1.89. The van der Waals surface area contributed by atoms with E-state index in [1.807, 2.05) is 12.1 Å². The number of rotatable bonds is 0. The van der Waals surface area contributed by atoms with Crippen molar-refractivity contribution in [3.8, 4) is 5.75 Å². The summed E-state index contributed by atoms with van der Waals surface area (Å²) in [6.45, 7) is 2.22. The molecule has 3 nitrogen and oxygen atoms in total. The van der Waals surface area contributed by atoms with Gasteiger partial charge in [0.25, 0.3) is 0 Å². The number of hydrogen-bond donors (Lipinski definition) is 1. The third-order valence-corrected chi connectivity index (χ3v) is 4.80. The van der Waals surface area contributed by atoms with Crippen LogP contribution in [-0.4, -0.2) is 16.7 Å². The van der Waals surface area contributed by atoms with Gasteiger partial charge in [-0.05, 0) is 87.9 Å². The molecule has 0 amide bonds. The van der Waals surface area contributed by atoms with Crippen LogP contribution >= 0.6 is 0 Å². The van der Waals surface area contributed by atoms with Gasteiger partial charge in [0.1, 0.15) is 5.75 Å². The van der Waals surface area contributed by atoms with Crippen molar-refractivity contribution in [2.45, 2.75) is 26.2 Å². The van der Waals surface area contributed by atoms with E-state index in [4.69, 9.17) is 0 Å². The van der Waals surface area contributed by atoms with Crippen molar-refractivity contribution in [2.75, 3.05) is 0 Å². The van der Waals surface area contributed by atoms with Gasteiger partial charge in [0.2, 0.25) is 11.6 Å². The molecule has 3 heteroatoms. The van der Waals surface area contributed by atoms with Gasteiger partial charge in [0, 0.05) is 0 Å². The molecule has 0 radical (unpaired) electrons. The first-order chi connectivity index (χ1) is 10.5. The Bertz CT molecular complexity index is 967. The molecule has 4 rings (SSSR count). The van der Waals surface area contributed by atoms with E-state index in [0.717, 1.165) is 46.0 Å². The van der Waals surface area contributed by atoms with Gasteiger partial charge >= 0.3 is 0 Å². The number of phenolic OH excluding ortho intramolecular Hbond substituents is 1. The Morgan fingerprint density at radius 3 is 2.41 bits per heavy atom. The highest BCUT2D eigenvalue weighted by Crippen LogP contribution is 2.36. The van der Waals surface area contributed by atoms with Gasteiger partial charge in [-0.25, -0.2) is 0 Å². The highest BCUT2D eigenvalue weighted by molar-refractivity contribution is 6.57. The van der Waals surface area contributed by atoms with Gasteiger partial charge in [-0.2, -0.15) is 0 Å². The fourth-order valence-electron chi connectivity index (χ4n) is 3.61. The maximum atomic E-state index is 11.6. The SMILES string of the molecule is C[C@H]1CCc2c(O)cc3cc4c(cc3c2C1)=CC(=O)C(=O)C=4. The van der Waals surface area contributed by atoms with Crippen LogP contribution in [0.15, 0.2) is 18.2 Å². The van der Waals surface area contributed by atoms with E-state index < -0.39 is 11.6 Å². The van der Waals surface area contributed by atoms with E-state index in [9.17, 15) is 14.7 Å². The molecule has 0 saturated heterocycles. The molecule has 0 aliphatic heterocycles. The predicted molar refractivity (Wildman–Crippen MR) is 85.0 cm³/mol. The minimum atomic E-state index is -0.484. The van der Waals surface area contributed by atoms with E-state index >= 15 is 0 Å². The second-order valence-corrected chi connectivity index (χ2v) is 6.42. The molecule has 0 bridgehead atoms. The van der Waals surface area contributed by atoms with Crippen LogP contribution in [-0.2, 0) is 22.4 Å². The zero-order chi connectivity index (χ0) is 15.4. The van der Waals surface area contributed by atoms with Crippen molar-refractivity contribution < 1.29 is 14.7 Å². The second kappa shape index (κ2) is 4.54. The van der Waals surface area contributed by atoms with E-state index in [1.165, 1.54) is 17.7 Å². The van der Waals surface area contributed by atoms with E-state index in [-0.39, 0.29) is 0 Å². The molecule has 2 aliphatic carbocycles. The molecule has 2 aliphatic rings. The molecule has 2 aromatic rings. The highest BCUT2D eigenvalue weighted by Gasteiger charge is 2.21. The topological polar surface area (TPSA) is 54.4 Å². The second-order valence-electron chi connectivity index (χ2n) is 6.42. The number of carbonyl (C=O) groups is 2. The Balaban J connectivity index is 2.11. The van der Waals surface area contributed by atoms with Gasteiger partial charge in [0.15, 0.2) is 0 Å². The maximum absolute atomic E-state index is 11.6. The quantitative estimate of drug-likeness (QED) is 0.746. The minimum Gasteiger partial charge on any atom is -0.508 e. The van der Waals surface area contributed by atoms with Gasteiger partial charge in [-0.1, -0.05) is 6.92 Å². The number of phenols is 1. The van der Waals surface area contributed by atoms with E-state index in [2.05, 4.69) is 6.92 Å². The van der Waals surface area contributed by atoms with Crippen molar-refractivity contribution in [1.29, 1.82) is 0 Å². The summed E-state index contributed by atoms with van der Waals surface area (Å²) in [7, 11) is 0. The van der Waals surface area contributed by atoms with Gasteiger partial charge in [-0.15, -0.1) is 0 Å². The molecule has 0 unspecified atom stereocenters. The van der Waals surface area contributed by atoms with Crippen LogP contribution in [0.1, 0.15) is 24.5 Å². The predicted octanol–water partition coefficient (Wildman–Crippen LogP) is 1.38. The Kier molecular flexibility index (Phi) is 2.73. The maximum Gasteiger partial charge on any atom is 0.226 e. The summed E-state index contributed by atoms with van der Waals surface area (Å²) in [6.07, 6.45) is 5.72. The number of fused-ring (bicyclic) bond motifs is 4. The number of Topliss-reactive ketones (excluding diaryl/α,β-unsaturated/α-hetero) is 2. The van der Waals surface area contributed by atoms with Crippen LogP contribution in [0.4, 0.5) is 0 Å². The lowest BCUT2D eigenvalue weighted by molar-refractivity contribution is -0.129. The molecule has 0 fully saturated rings. The van der Waals surface area contributed by atoms with Crippen molar-refractivity contribution in [3.63, 3.8) is 0 Å². The molecule has 0 spiro atoms. The zero-order valence-electron chi connectivity index (χ0n) is 12.3. The molecule has 110 valence electrons. The number of hydrogen-bond acceptors (Lipinski definition) is 3. The summed E-state index contributed by atoms with van der Waals surface area (Å²) in [5, 5.41) is 13.9. The van der Waals surface area contributed by atoms with Gasteiger partial charge < -0.3 is 5.11 Å². The average molecular weight is 292 g/mol. The lowest BCUT2D eigenvalue weighted by Gasteiger charge is -2.24. The molecule has 2 aromatic carbocycles. The first kappa shape index (κ1) is 13.3. The average Bonchev–Trinajstić information content (AvgIpc) is 2.47. The summed E-state index contributed by atoms with van der Waals surface area (Å²) in [5.41, 5.74) is 2.22. The lowest BCUT2D eigenvalue weighted by atomic mass is 9.81. The fraction of sp³-hybridized carbons (Fsp3) is 0.263. The number of carbonyl (C=O) groups excluding carboxylic acids is 2. The van der Waals surface area contributed by atoms with Crippen molar-refractivity contribution in [1.82, 2.24) is 0 Å².